The van der Waals surface area contributed by atoms with E-state index in [9.17, 15) is 4.39 Å². The fourth-order valence-corrected chi connectivity index (χ4v) is 1.48. The van der Waals surface area contributed by atoms with E-state index in [0.717, 1.165) is 5.56 Å². The molecule has 0 unspecified atom stereocenters. The van der Waals surface area contributed by atoms with Crippen molar-refractivity contribution in [3.63, 3.8) is 0 Å². The summed E-state index contributed by atoms with van der Waals surface area (Å²) in [6, 6.07) is 3.65. The summed E-state index contributed by atoms with van der Waals surface area (Å²) in [6.07, 6.45) is 0. The lowest BCUT2D eigenvalue weighted by atomic mass is 10.1. The maximum atomic E-state index is 13.3. The van der Waals surface area contributed by atoms with E-state index in [1.54, 1.807) is 20.9 Å². The molecule has 1 aromatic rings. The number of hydrogen-bond acceptors (Lipinski definition) is 1. The molecule has 2 N–H and O–H groups in total. The molecule has 82 valence electrons. The van der Waals surface area contributed by atoms with E-state index in [1.165, 1.54) is 0 Å². The van der Waals surface area contributed by atoms with E-state index < -0.39 is 0 Å². The van der Waals surface area contributed by atoms with Gasteiger partial charge in [0.05, 0.1) is 0 Å². The lowest BCUT2D eigenvalue weighted by molar-refractivity contribution is 0.608. The van der Waals surface area contributed by atoms with Gasteiger partial charge in [-0.05, 0) is 42.8 Å². The largest absolute Gasteiger partial charge is 0.366 e. The van der Waals surface area contributed by atoms with E-state index in [2.05, 4.69) is 10.6 Å². The topological polar surface area (TPSA) is 24.1 Å². The summed E-state index contributed by atoms with van der Waals surface area (Å²) < 4.78 is 13.3. The zero-order valence-corrected chi connectivity index (χ0v) is 9.96. The van der Waals surface area contributed by atoms with Gasteiger partial charge in [0, 0.05) is 13.6 Å². The molecule has 2 nitrogen and oxygen atoms in total. The average molecular weight is 226 g/mol. The van der Waals surface area contributed by atoms with E-state index in [4.69, 9.17) is 12.2 Å². The standard InChI is InChI=1S/C11H15FN2S/c1-7-4-9(5-8(2)10(7)12)6-14-11(15)13-3/h4-5H,6H2,1-3H3,(H2,13,14,15). The first kappa shape index (κ1) is 11.9. The second-order valence-corrected chi connectivity index (χ2v) is 3.88. The van der Waals surface area contributed by atoms with Crippen LogP contribution in [0.25, 0.3) is 0 Å². The molecule has 0 saturated carbocycles. The predicted octanol–water partition coefficient (Wildman–Crippen LogP) is 2.04. The highest BCUT2D eigenvalue weighted by molar-refractivity contribution is 7.80. The lowest BCUT2D eigenvalue weighted by Gasteiger charge is -2.09. The highest BCUT2D eigenvalue weighted by Gasteiger charge is 2.04. The summed E-state index contributed by atoms with van der Waals surface area (Å²) in [5, 5.41) is 6.43. The minimum atomic E-state index is -0.130. The van der Waals surface area contributed by atoms with Crippen LogP contribution in [0.4, 0.5) is 4.39 Å². The third-order valence-corrected chi connectivity index (χ3v) is 2.52. The Morgan fingerprint density at radius 2 is 1.87 bits per heavy atom. The molecular formula is C11H15FN2S. The van der Waals surface area contributed by atoms with Crippen molar-refractivity contribution in [2.45, 2.75) is 20.4 Å². The monoisotopic (exact) mass is 226 g/mol. The Morgan fingerprint density at radius 1 is 1.33 bits per heavy atom. The third-order valence-electron chi connectivity index (χ3n) is 2.18. The van der Waals surface area contributed by atoms with Crippen LogP contribution in [-0.4, -0.2) is 12.2 Å². The molecule has 0 amide bonds. The quantitative estimate of drug-likeness (QED) is 0.755. The summed E-state index contributed by atoms with van der Waals surface area (Å²) in [7, 11) is 1.76. The molecule has 0 aliphatic carbocycles. The molecule has 15 heavy (non-hydrogen) atoms. The normalized spacial score (nSPS) is 9.87. The van der Waals surface area contributed by atoms with Gasteiger partial charge in [-0.2, -0.15) is 0 Å². The number of halogens is 1. The minimum absolute atomic E-state index is 0.130. The SMILES string of the molecule is CNC(=S)NCc1cc(C)c(F)c(C)c1. The Kier molecular flexibility index (Phi) is 4.03. The number of thiocarbonyl (C=S) groups is 1. The molecule has 0 bridgehead atoms. The van der Waals surface area contributed by atoms with Crippen molar-refractivity contribution in [2.75, 3.05) is 7.05 Å². The third kappa shape index (κ3) is 3.16. The van der Waals surface area contributed by atoms with Crippen molar-refractivity contribution in [2.24, 2.45) is 0 Å². The second kappa shape index (κ2) is 5.07. The molecule has 0 aliphatic heterocycles. The van der Waals surface area contributed by atoms with Crippen LogP contribution in [-0.2, 0) is 6.54 Å². The van der Waals surface area contributed by atoms with Gasteiger partial charge >= 0.3 is 0 Å². The Labute approximate surface area is 94.9 Å². The average Bonchev–Trinajstić information content (AvgIpc) is 2.22. The van der Waals surface area contributed by atoms with Gasteiger partial charge in [0.2, 0.25) is 0 Å². The van der Waals surface area contributed by atoms with Crippen molar-refractivity contribution in [3.05, 3.63) is 34.6 Å². The van der Waals surface area contributed by atoms with Crippen molar-refractivity contribution < 1.29 is 4.39 Å². The van der Waals surface area contributed by atoms with Crippen LogP contribution in [0.15, 0.2) is 12.1 Å². The summed E-state index contributed by atoms with van der Waals surface area (Å²) in [5.74, 6) is -0.130. The first-order valence-electron chi connectivity index (χ1n) is 4.75. The number of hydrogen-bond donors (Lipinski definition) is 2. The zero-order chi connectivity index (χ0) is 11.4. The van der Waals surface area contributed by atoms with Crippen LogP contribution in [0, 0.1) is 19.7 Å². The number of rotatable bonds is 2. The van der Waals surface area contributed by atoms with Crippen molar-refractivity contribution >= 4 is 17.3 Å². The van der Waals surface area contributed by atoms with Gasteiger partial charge in [-0.3, -0.25) is 0 Å². The van der Waals surface area contributed by atoms with Crippen LogP contribution in [0.3, 0.4) is 0 Å². The first-order chi connectivity index (χ1) is 7.04. The number of benzene rings is 1. The molecule has 0 spiro atoms. The Morgan fingerprint density at radius 3 is 2.33 bits per heavy atom. The van der Waals surface area contributed by atoms with Gasteiger partial charge < -0.3 is 10.6 Å². The Bertz CT molecular complexity index is 354. The second-order valence-electron chi connectivity index (χ2n) is 3.48. The van der Waals surface area contributed by atoms with Crippen LogP contribution >= 0.6 is 12.2 Å². The fourth-order valence-electron chi connectivity index (χ4n) is 1.41. The molecule has 0 fully saturated rings. The molecule has 4 heteroatoms. The number of aryl methyl sites for hydroxylation is 2. The zero-order valence-electron chi connectivity index (χ0n) is 9.15. The van der Waals surface area contributed by atoms with E-state index >= 15 is 0 Å². The molecule has 0 heterocycles. The molecule has 1 rings (SSSR count). The molecule has 0 atom stereocenters. The minimum Gasteiger partial charge on any atom is -0.366 e. The van der Waals surface area contributed by atoms with Crippen LogP contribution in [0.5, 0.6) is 0 Å². The molecule has 0 aromatic heterocycles. The van der Waals surface area contributed by atoms with E-state index in [1.807, 2.05) is 12.1 Å². The van der Waals surface area contributed by atoms with Crippen molar-refractivity contribution in [1.29, 1.82) is 0 Å². The highest BCUT2D eigenvalue weighted by Crippen LogP contribution is 2.14. The first-order valence-corrected chi connectivity index (χ1v) is 5.16. The lowest BCUT2D eigenvalue weighted by Crippen LogP contribution is -2.31. The van der Waals surface area contributed by atoms with Gasteiger partial charge in [0.1, 0.15) is 5.82 Å². The molecule has 1 aromatic carbocycles. The number of nitrogens with one attached hydrogen (secondary N) is 2. The van der Waals surface area contributed by atoms with Gasteiger partial charge in [0.15, 0.2) is 5.11 Å². The van der Waals surface area contributed by atoms with Crippen molar-refractivity contribution in [3.8, 4) is 0 Å². The highest BCUT2D eigenvalue weighted by atomic mass is 32.1. The maximum Gasteiger partial charge on any atom is 0.166 e. The molecular weight excluding hydrogens is 211 g/mol. The smallest absolute Gasteiger partial charge is 0.166 e. The van der Waals surface area contributed by atoms with Crippen molar-refractivity contribution in [1.82, 2.24) is 10.6 Å². The molecule has 0 saturated heterocycles. The Balaban J connectivity index is 2.75. The Hall–Kier alpha value is -1.16. The van der Waals surface area contributed by atoms with E-state index in [0.29, 0.717) is 22.8 Å². The van der Waals surface area contributed by atoms with Gasteiger partial charge in [-0.15, -0.1) is 0 Å². The van der Waals surface area contributed by atoms with Crippen LogP contribution in [0.2, 0.25) is 0 Å². The van der Waals surface area contributed by atoms with Gasteiger partial charge in [-0.25, -0.2) is 4.39 Å². The van der Waals surface area contributed by atoms with Gasteiger partial charge in [0.25, 0.3) is 0 Å². The molecule has 0 radical (unpaired) electrons. The van der Waals surface area contributed by atoms with E-state index in [-0.39, 0.29) is 5.82 Å². The predicted molar refractivity (Wildman–Crippen MR) is 64.4 cm³/mol. The summed E-state index contributed by atoms with van der Waals surface area (Å²) in [6.45, 7) is 4.14. The molecule has 0 aliphatic rings. The summed E-state index contributed by atoms with van der Waals surface area (Å²) in [5.41, 5.74) is 2.37. The fraction of sp³-hybridized carbons (Fsp3) is 0.364. The van der Waals surface area contributed by atoms with Gasteiger partial charge in [-0.1, -0.05) is 12.1 Å². The summed E-state index contributed by atoms with van der Waals surface area (Å²) in [4.78, 5) is 0. The summed E-state index contributed by atoms with van der Waals surface area (Å²) >= 11 is 4.95. The van der Waals surface area contributed by atoms with Crippen LogP contribution < -0.4 is 10.6 Å². The van der Waals surface area contributed by atoms with Crippen LogP contribution in [0.1, 0.15) is 16.7 Å². The maximum absolute atomic E-state index is 13.3.